The predicted molar refractivity (Wildman–Crippen MR) is 99.8 cm³/mol. The Hall–Kier alpha value is -2.58. The van der Waals surface area contributed by atoms with Gasteiger partial charge in [-0.05, 0) is 36.8 Å². The Labute approximate surface area is 154 Å². The van der Waals surface area contributed by atoms with Crippen LogP contribution in [0.4, 0.5) is 10.1 Å². The molecule has 0 fully saturated rings. The number of hydrogen-bond donors (Lipinski definition) is 1. The molecule has 3 aromatic rings. The van der Waals surface area contributed by atoms with Gasteiger partial charge < -0.3 is 5.32 Å². The van der Waals surface area contributed by atoms with Crippen LogP contribution in [0, 0.1) is 12.7 Å². The molecule has 0 aliphatic carbocycles. The fourth-order valence-electron chi connectivity index (χ4n) is 2.47. The molecular weight excluding hydrogens is 375 g/mol. The molecule has 1 N–H and O–H groups in total. The third-order valence-electron chi connectivity index (χ3n) is 3.77. The number of hydrogen-bond acceptors (Lipinski definition) is 5. The van der Waals surface area contributed by atoms with E-state index in [1.807, 2.05) is 0 Å². The van der Waals surface area contributed by atoms with Crippen LogP contribution in [0.25, 0.3) is 10.6 Å². The van der Waals surface area contributed by atoms with Gasteiger partial charge in [-0.25, -0.2) is 17.8 Å². The lowest BCUT2D eigenvalue weighted by atomic mass is 10.2. The number of halogens is 1. The number of amides is 1. The lowest BCUT2D eigenvalue weighted by Crippen LogP contribution is -2.12. The van der Waals surface area contributed by atoms with Gasteiger partial charge in [0.05, 0.1) is 11.1 Å². The first kappa shape index (κ1) is 18.2. The summed E-state index contributed by atoms with van der Waals surface area (Å²) >= 11 is 1.06. The highest BCUT2D eigenvalue weighted by molar-refractivity contribution is 7.90. The topological polar surface area (TPSA) is 76.1 Å². The number of sulfone groups is 1. The minimum atomic E-state index is -3.40. The summed E-state index contributed by atoms with van der Waals surface area (Å²) in [6, 6.07) is 10.9. The fraction of sp³-hybridized carbons (Fsp3) is 0.111. The Morgan fingerprint density at radius 2 is 1.88 bits per heavy atom. The molecule has 8 heteroatoms. The first-order valence-corrected chi connectivity index (χ1v) is 10.3. The Bertz CT molecular complexity index is 1090. The van der Waals surface area contributed by atoms with Gasteiger partial charge in [-0.3, -0.25) is 4.79 Å². The van der Waals surface area contributed by atoms with Crippen molar-refractivity contribution in [2.24, 2.45) is 0 Å². The van der Waals surface area contributed by atoms with Gasteiger partial charge in [0.25, 0.3) is 5.91 Å². The van der Waals surface area contributed by atoms with Crippen LogP contribution in [0.5, 0.6) is 0 Å². The maximum Gasteiger partial charge on any atom is 0.267 e. The van der Waals surface area contributed by atoms with Crippen molar-refractivity contribution in [2.45, 2.75) is 11.8 Å². The molecule has 2 aromatic carbocycles. The molecule has 0 bridgehead atoms. The number of rotatable bonds is 4. The van der Waals surface area contributed by atoms with Crippen molar-refractivity contribution in [3.63, 3.8) is 0 Å². The zero-order chi connectivity index (χ0) is 18.9. The first-order valence-electron chi connectivity index (χ1n) is 7.59. The van der Waals surface area contributed by atoms with Crippen LogP contribution >= 0.6 is 11.3 Å². The molecule has 0 saturated carbocycles. The summed E-state index contributed by atoms with van der Waals surface area (Å²) in [4.78, 5) is 17.0. The van der Waals surface area contributed by atoms with Crippen LogP contribution in [0.2, 0.25) is 0 Å². The van der Waals surface area contributed by atoms with E-state index < -0.39 is 21.6 Å². The highest BCUT2D eigenvalue weighted by atomic mass is 32.2. The fourth-order valence-corrected chi connectivity index (χ4v) is 4.30. The maximum absolute atomic E-state index is 13.9. The van der Waals surface area contributed by atoms with E-state index in [0.29, 0.717) is 26.7 Å². The Morgan fingerprint density at radius 1 is 1.15 bits per heavy atom. The molecule has 1 amide bonds. The molecule has 0 saturated heterocycles. The number of thiazole rings is 1. The number of carbonyl (C=O) groups is 1. The van der Waals surface area contributed by atoms with E-state index in [9.17, 15) is 17.6 Å². The SMILES string of the molecule is Cc1c(NC(=O)c2cnc(-c3ccccc3F)s2)cccc1S(C)(=O)=O. The molecule has 0 atom stereocenters. The van der Waals surface area contributed by atoms with E-state index in [4.69, 9.17) is 0 Å². The summed E-state index contributed by atoms with van der Waals surface area (Å²) < 4.78 is 37.4. The third-order valence-corrected chi connectivity index (χ3v) is 6.04. The molecule has 0 aliphatic rings. The normalized spacial score (nSPS) is 11.3. The van der Waals surface area contributed by atoms with Gasteiger partial charge in [-0.15, -0.1) is 11.3 Å². The van der Waals surface area contributed by atoms with Crippen molar-refractivity contribution in [1.29, 1.82) is 0 Å². The summed E-state index contributed by atoms with van der Waals surface area (Å²) in [6.07, 6.45) is 2.49. The second-order valence-corrected chi connectivity index (χ2v) is 8.68. The lowest BCUT2D eigenvalue weighted by molar-refractivity contribution is 0.103. The van der Waals surface area contributed by atoms with Crippen molar-refractivity contribution >= 4 is 32.8 Å². The summed E-state index contributed by atoms with van der Waals surface area (Å²) in [5, 5.41) is 3.09. The van der Waals surface area contributed by atoms with Crippen molar-refractivity contribution in [1.82, 2.24) is 4.98 Å². The van der Waals surface area contributed by atoms with Gasteiger partial charge in [0.1, 0.15) is 15.7 Å². The zero-order valence-electron chi connectivity index (χ0n) is 14.0. The zero-order valence-corrected chi connectivity index (χ0v) is 15.6. The minimum Gasteiger partial charge on any atom is -0.321 e. The maximum atomic E-state index is 13.9. The summed E-state index contributed by atoms with van der Waals surface area (Å²) in [5.74, 6) is -0.843. The molecule has 0 unspecified atom stereocenters. The van der Waals surface area contributed by atoms with Gasteiger partial charge in [0.2, 0.25) is 0 Å². The second kappa shape index (κ2) is 6.97. The minimum absolute atomic E-state index is 0.159. The largest absolute Gasteiger partial charge is 0.321 e. The Kier molecular flexibility index (Phi) is 4.88. The molecule has 1 aromatic heterocycles. The number of anilines is 1. The van der Waals surface area contributed by atoms with Gasteiger partial charge in [0, 0.05) is 17.5 Å². The first-order chi connectivity index (χ1) is 12.3. The van der Waals surface area contributed by atoms with Crippen molar-refractivity contribution in [3.05, 3.63) is 64.9 Å². The molecule has 0 radical (unpaired) electrons. The van der Waals surface area contributed by atoms with E-state index in [1.165, 1.54) is 18.3 Å². The molecule has 26 heavy (non-hydrogen) atoms. The van der Waals surface area contributed by atoms with E-state index in [-0.39, 0.29) is 4.90 Å². The Morgan fingerprint density at radius 3 is 2.58 bits per heavy atom. The quantitative estimate of drug-likeness (QED) is 0.733. The highest BCUT2D eigenvalue weighted by Gasteiger charge is 2.17. The molecule has 1 heterocycles. The molecule has 134 valence electrons. The van der Waals surface area contributed by atoms with E-state index in [2.05, 4.69) is 10.3 Å². The molecular formula is C18H15FN2O3S2. The number of benzene rings is 2. The lowest BCUT2D eigenvalue weighted by Gasteiger charge is -2.10. The van der Waals surface area contributed by atoms with Crippen LogP contribution < -0.4 is 5.32 Å². The van der Waals surface area contributed by atoms with Crippen LogP contribution in [0.1, 0.15) is 15.2 Å². The smallest absolute Gasteiger partial charge is 0.267 e. The van der Waals surface area contributed by atoms with E-state index in [1.54, 1.807) is 37.3 Å². The van der Waals surface area contributed by atoms with E-state index >= 15 is 0 Å². The van der Waals surface area contributed by atoms with Crippen LogP contribution in [0.3, 0.4) is 0 Å². The number of nitrogens with one attached hydrogen (secondary N) is 1. The van der Waals surface area contributed by atoms with Crippen LogP contribution in [-0.4, -0.2) is 25.6 Å². The number of carbonyl (C=O) groups excluding carboxylic acids is 1. The van der Waals surface area contributed by atoms with Crippen LogP contribution in [-0.2, 0) is 9.84 Å². The van der Waals surface area contributed by atoms with Crippen molar-refractivity contribution in [3.8, 4) is 10.6 Å². The molecule has 0 spiro atoms. The Balaban J connectivity index is 1.88. The summed E-state index contributed by atoms with van der Waals surface area (Å²) in [7, 11) is -3.40. The van der Waals surface area contributed by atoms with Crippen LogP contribution in [0.15, 0.2) is 53.6 Å². The average Bonchev–Trinajstić information content (AvgIpc) is 3.06. The van der Waals surface area contributed by atoms with E-state index in [0.717, 1.165) is 17.6 Å². The molecule has 0 aliphatic heterocycles. The van der Waals surface area contributed by atoms with Gasteiger partial charge in [0.15, 0.2) is 9.84 Å². The van der Waals surface area contributed by atoms with Gasteiger partial charge in [-0.1, -0.05) is 18.2 Å². The summed E-state index contributed by atoms with van der Waals surface area (Å²) in [5.41, 5.74) is 1.19. The van der Waals surface area contributed by atoms with Crippen molar-refractivity contribution < 1.29 is 17.6 Å². The third kappa shape index (κ3) is 3.66. The van der Waals surface area contributed by atoms with Gasteiger partial charge in [-0.2, -0.15) is 0 Å². The standard InChI is InChI=1S/C18H15FN2O3S2/c1-11-14(8-5-9-16(11)26(2,23)24)21-17(22)15-10-20-18(25-15)12-6-3-4-7-13(12)19/h3-10H,1-2H3,(H,21,22). The second-order valence-electron chi connectivity index (χ2n) is 5.66. The molecule has 3 rings (SSSR count). The number of nitrogens with zero attached hydrogens (tertiary/aromatic N) is 1. The summed E-state index contributed by atoms with van der Waals surface area (Å²) in [6.45, 7) is 1.63. The van der Waals surface area contributed by atoms with Gasteiger partial charge >= 0.3 is 0 Å². The highest BCUT2D eigenvalue weighted by Crippen LogP contribution is 2.28. The number of aromatic nitrogens is 1. The average molecular weight is 390 g/mol. The monoisotopic (exact) mass is 390 g/mol. The van der Waals surface area contributed by atoms with Crippen molar-refractivity contribution in [2.75, 3.05) is 11.6 Å². The predicted octanol–water partition coefficient (Wildman–Crippen LogP) is 3.91. The molecule has 5 nitrogen and oxygen atoms in total.